The summed E-state index contributed by atoms with van der Waals surface area (Å²) in [6, 6.07) is -0.561. The second kappa shape index (κ2) is 9.29. The lowest BCUT2D eigenvalue weighted by molar-refractivity contribution is -0.161. The van der Waals surface area contributed by atoms with Gasteiger partial charge in [0.1, 0.15) is 13.2 Å². The van der Waals surface area contributed by atoms with E-state index in [2.05, 4.69) is 22.5 Å². The van der Waals surface area contributed by atoms with Gasteiger partial charge >= 0.3 is 11.9 Å². The lowest BCUT2D eigenvalue weighted by Gasteiger charge is -2.31. The van der Waals surface area contributed by atoms with Crippen molar-refractivity contribution in [3.63, 3.8) is 0 Å². The highest BCUT2D eigenvalue weighted by Crippen LogP contribution is 2.08. The van der Waals surface area contributed by atoms with Crippen molar-refractivity contribution in [1.29, 1.82) is 0 Å². The van der Waals surface area contributed by atoms with E-state index in [-0.39, 0.29) is 18.8 Å². The van der Waals surface area contributed by atoms with Crippen molar-refractivity contribution in [3.8, 4) is 0 Å². The van der Waals surface area contributed by atoms with Crippen molar-refractivity contribution in [1.82, 2.24) is 16.0 Å². The van der Waals surface area contributed by atoms with Gasteiger partial charge in [0.15, 0.2) is 5.78 Å². The van der Waals surface area contributed by atoms with Crippen LogP contribution >= 0.6 is 0 Å². The molecule has 8 nitrogen and oxygen atoms in total. The third-order valence-electron chi connectivity index (χ3n) is 3.15. The van der Waals surface area contributed by atoms with Gasteiger partial charge in [-0.3, -0.25) is 15.4 Å². The maximum Gasteiger partial charge on any atom is 0.349 e. The molecule has 0 heterocycles. The van der Waals surface area contributed by atoms with Crippen LogP contribution in [0.3, 0.4) is 0 Å². The molecule has 0 fully saturated rings. The summed E-state index contributed by atoms with van der Waals surface area (Å²) in [5.41, 5.74) is -1.41. The standard InChI is InChI=1S/C14H25N3O5/c1-9(2)12(19)21-7-8-22-13(20)14(16-5,17-6)11(18)10(3)15-4/h10,15-17H,1,7-8H2,2-6H3. The summed E-state index contributed by atoms with van der Waals surface area (Å²) < 4.78 is 9.82. The molecule has 126 valence electrons. The predicted octanol–water partition coefficient (Wildman–Crippen LogP) is -1.04. The fourth-order valence-electron chi connectivity index (χ4n) is 1.63. The molecule has 1 unspecified atom stereocenters. The van der Waals surface area contributed by atoms with E-state index in [0.29, 0.717) is 0 Å². The van der Waals surface area contributed by atoms with Crippen molar-refractivity contribution in [2.75, 3.05) is 34.4 Å². The molecule has 22 heavy (non-hydrogen) atoms. The van der Waals surface area contributed by atoms with Crippen LogP contribution in [-0.2, 0) is 23.9 Å². The number of carbonyl (C=O) groups is 3. The molecule has 1 atom stereocenters. The van der Waals surface area contributed by atoms with Gasteiger partial charge in [-0.15, -0.1) is 0 Å². The highest BCUT2D eigenvalue weighted by molar-refractivity contribution is 6.10. The molecule has 0 rings (SSSR count). The van der Waals surface area contributed by atoms with Crippen LogP contribution < -0.4 is 16.0 Å². The topological polar surface area (TPSA) is 106 Å². The Bertz CT molecular complexity index is 432. The molecule has 0 aromatic carbocycles. The van der Waals surface area contributed by atoms with Crippen LogP contribution in [0.2, 0.25) is 0 Å². The Labute approximate surface area is 130 Å². The number of ketones is 1. The fraction of sp³-hybridized carbons (Fsp3) is 0.643. The Kier molecular flexibility index (Phi) is 8.54. The number of nitrogens with one attached hydrogen (secondary N) is 3. The number of esters is 2. The Morgan fingerprint density at radius 2 is 1.59 bits per heavy atom. The van der Waals surface area contributed by atoms with E-state index < -0.39 is 29.4 Å². The number of ether oxygens (including phenoxy) is 2. The number of Topliss-reactive ketones (excluding diaryl/α,β-unsaturated/α-hetero) is 1. The maximum atomic E-state index is 12.3. The first-order valence-corrected chi connectivity index (χ1v) is 6.86. The lowest BCUT2D eigenvalue weighted by Crippen LogP contribution is -2.69. The second-order valence-corrected chi connectivity index (χ2v) is 4.68. The molecular formula is C14H25N3O5. The summed E-state index contributed by atoms with van der Waals surface area (Å²) in [7, 11) is 4.55. The number of likely N-dealkylation sites (N-methyl/N-ethyl adjacent to an activating group) is 3. The van der Waals surface area contributed by atoms with Gasteiger partial charge in [-0.25, -0.2) is 9.59 Å². The van der Waals surface area contributed by atoms with E-state index in [1.165, 1.54) is 21.0 Å². The highest BCUT2D eigenvalue weighted by Gasteiger charge is 2.46. The molecular weight excluding hydrogens is 290 g/mol. The highest BCUT2D eigenvalue weighted by atomic mass is 16.6. The van der Waals surface area contributed by atoms with Crippen molar-refractivity contribution in [2.45, 2.75) is 25.6 Å². The van der Waals surface area contributed by atoms with Crippen LogP contribution in [0, 0.1) is 0 Å². The third kappa shape index (κ3) is 4.90. The first kappa shape index (κ1) is 20.2. The summed E-state index contributed by atoms with van der Waals surface area (Å²) >= 11 is 0. The largest absolute Gasteiger partial charge is 0.459 e. The molecule has 0 aliphatic rings. The minimum absolute atomic E-state index is 0.114. The van der Waals surface area contributed by atoms with Crippen LogP contribution in [0.5, 0.6) is 0 Å². The molecule has 0 aliphatic heterocycles. The molecule has 0 spiro atoms. The Balaban J connectivity index is 4.71. The minimum atomic E-state index is -1.67. The smallest absolute Gasteiger partial charge is 0.349 e. The van der Waals surface area contributed by atoms with Gasteiger partial charge < -0.3 is 14.8 Å². The molecule has 0 aliphatic carbocycles. The van der Waals surface area contributed by atoms with Crippen molar-refractivity contribution in [2.24, 2.45) is 0 Å². The fourth-order valence-corrected chi connectivity index (χ4v) is 1.63. The zero-order valence-corrected chi connectivity index (χ0v) is 13.7. The van der Waals surface area contributed by atoms with Crippen LogP contribution in [-0.4, -0.2) is 63.8 Å². The van der Waals surface area contributed by atoms with Crippen molar-refractivity contribution >= 4 is 17.7 Å². The van der Waals surface area contributed by atoms with E-state index in [0.717, 1.165) is 0 Å². The van der Waals surface area contributed by atoms with Crippen molar-refractivity contribution < 1.29 is 23.9 Å². The van der Waals surface area contributed by atoms with E-state index >= 15 is 0 Å². The van der Waals surface area contributed by atoms with Gasteiger partial charge in [-0.1, -0.05) is 6.58 Å². The van der Waals surface area contributed by atoms with Gasteiger partial charge in [0.05, 0.1) is 6.04 Å². The average Bonchev–Trinajstić information content (AvgIpc) is 2.51. The summed E-state index contributed by atoms with van der Waals surface area (Å²) in [4.78, 5) is 35.7. The molecule has 8 heteroatoms. The molecule has 0 amide bonds. The molecule has 0 aromatic heterocycles. The van der Waals surface area contributed by atoms with E-state index in [9.17, 15) is 14.4 Å². The second-order valence-electron chi connectivity index (χ2n) is 4.68. The molecule has 0 aromatic rings. The Hall–Kier alpha value is -1.77. The normalized spacial score (nSPS) is 12.4. The number of hydrogen-bond acceptors (Lipinski definition) is 8. The van der Waals surface area contributed by atoms with Gasteiger partial charge in [0.2, 0.25) is 5.66 Å². The van der Waals surface area contributed by atoms with E-state index in [4.69, 9.17) is 9.47 Å². The van der Waals surface area contributed by atoms with Crippen LogP contribution in [0.15, 0.2) is 12.2 Å². The molecule has 0 radical (unpaired) electrons. The van der Waals surface area contributed by atoms with Gasteiger partial charge in [-0.2, -0.15) is 0 Å². The Morgan fingerprint density at radius 1 is 1.09 bits per heavy atom. The van der Waals surface area contributed by atoms with Crippen LogP contribution in [0.4, 0.5) is 0 Å². The zero-order valence-electron chi connectivity index (χ0n) is 13.7. The van der Waals surface area contributed by atoms with E-state index in [1.807, 2.05) is 0 Å². The van der Waals surface area contributed by atoms with Gasteiger partial charge in [0, 0.05) is 5.57 Å². The average molecular weight is 315 g/mol. The van der Waals surface area contributed by atoms with Crippen LogP contribution in [0.1, 0.15) is 13.8 Å². The van der Waals surface area contributed by atoms with Crippen molar-refractivity contribution in [3.05, 3.63) is 12.2 Å². The Morgan fingerprint density at radius 3 is 2.00 bits per heavy atom. The summed E-state index contributed by atoms with van der Waals surface area (Å²) in [6.07, 6.45) is 0. The van der Waals surface area contributed by atoms with E-state index in [1.54, 1.807) is 14.0 Å². The lowest BCUT2D eigenvalue weighted by atomic mass is 9.99. The van der Waals surface area contributed by atoms with Gasteiger partial charge in [0.25, 0.3) is 0 Å². The first-order chi connectivity index (χ1) is 10.3. The summed E-state index contributed by atoms with van der Waals surface area (Å²) in [6.45, 7) is 6.30. The maximum absolute atomic E-state index is 12.3. The first-order valence-electron chi connectivity index (χ1n) is 6.86. The van der Waals surface area contributed by atoms with Crippen LogP contribution in [0.25, 0.3) is 0 Å². The molecule has 0 saturated heterocycles. The number of carbonyl (C=O) groups excluding carboxylic acids is 3. The molecule has 3 N–H and O–H groups in total. The monoisotopic (exact) mass is 315 g/mol. The number of hydrogen-bond donors (Lipinski definition) is 3. The SMILES string of the molecule is C=C(C)C(=O)OCCOC(=O)C(NC)(NC)C(=O)C(C)NC. The third-order valence-corrected chi connectivity index (χ3v) is 3.15. The summed E-state index contributed by atoms with van der Waals surface area (Å²) in [5, 5.41) is 8.07. The van der Waals surface area contributed by atoms with Gasteiger partial charge in [-0.05, 0) is 35.0 Å². The molecule has 0 bridgehead atoms. The zero-order chi connectivity index (χ0) is 17.3. The number of rotatable bonds is 10. The molecule has 0 saturated carbocycles. The predicted molar refractivity (Wildman–Crippen MR) is 81.1 cm³/mol. The summed E-state index contributed by atoms with van der Waals surface area (Å²) in [5.74, 6) is -1.77. The minimum Gasteiger partial charge on any atom is -0.459 e. The quantitative estimate of drug-likeness (QED) is 0.154.